The smallest absolute Gasteiger partial charge is 0.229 e. The molecule has 0 atom stereocenters. The van der Waals surface area contributed by atoms with Crippen LogP contribution in [0, 0.1) is 0 Å². The van der Waals surface area contributed by atoms with Gasteiger partial charge in [-0.2, -0.15) is 0 Å². The van der Waals surface area contributed by atoms with Crippen molar-refractivity contribution in [2.75, 3.05) is 30.0 Å². The van der Waals surface area contributed by atoms with Gasteiger partial charge in [0.15, 0.2) is 0 Å². The third kappa shape index (κ3) is 3.21. The summed E-state index contributed by atoms with van der Waals surface area (Å²) in [6, 6.07) is 3.41. The van der Waals surface area contributed by atoms with Gasteiger partial charge in [0.1, 0.15) is 5.82 Å². The van der Waals surface area contributed by atoms with E-state index in [-0.39, 0.29) is 0 Å². The second-order valence-corrected chi connectivity index (χ2v) is 4.92. The van der Waals surface area contributed by atoms with Crippen molar-refractivity contribution in [3.05, 3.63) is 18.3 Å². The molecule has 1 aromatic rings. The van der Waals surface area contributed by atoms with Crippen molar-refractivity contribution in [2.45, 2.75) is 0 Å². The van der Waals surface area contributed by atoms with Gasteiger partial charge in [-0.25, -0.2) is 13.4 Å². The minimum absolute atomic E-state index is 0.470. The van der Waals surface area contributed by atoms with Gasteiger partial charge in [-0.05, 0) is 12.1 Å². The van der Waals surface area contributed by atoms with E-state index in [4.69, 9.17) is 0 Å². The van der Waals surface area contributed by atoms with Crippen LogP contribution in [0.2, 0.25) is 0 Å². The lowest BCUT2D eigenvalue weighted by Crippen LogP contribution is -2.12. The fourth-order valence-corrected chi connectivity index (χ4v) is 1.47. The average molecular weight is 215 g/mol. The van der Waals surface area contributed by atoms with Crippen LogP contribution in [0.15, 0.2) is 18.3 Å². The maximum absolute atomic E-state index is 10.9. The van der Waals surface area contributed by atoms with Crippen molar-refractivity contribution in [3.8, 4) is 0 Å². The monoisotopic (exact) mass is 215 g/mol. The molecule has 0 aromatic carbocycles. The molecule has 14 heavy (non-hydrogen) atoms. The molecule has 0 fully saturated rings. The van der Waals surface area contributed by atoms with Crippen LogP contribution in [-0.4, -0.2) is 33.8 Å². The van der Waals surface area contributed by atoms with E-state index in [1.165, 1.54) is 6.20 Å². The SMILES string of the molecule is CN(C)c1ccc(NS(C)(=O)=O)cn1. The van der Waals surface area contributed by atoms with Crippen molar-refractivity contribution in [1.29, 1.82) is 0 Å². The molecule has 0 bridgehead atoms. The summed E-state index contributed by atoms with van der Waals surface area (Å²) in [5.41, 5.74) is 0.470. The van der Waals surface area contributed by atoms with Crippen LogP contribution in [0.4, 0.5) is 11.5 Å². The summed E-state index contributed by atoms with van der Waals surface area (Å²) in [5, 5.41) is 0. The Morgan fingerprint density at radius 1 is 1.36 bits per heavy atom. The highest BCUT2D eigenvalue weighted by molar-refractivity contribution is 7.92. The molecule has 1 rings (SSSR count). The summed E-state index contributed by atoms with van der Waals surface area (Å²) in [5.74, 6) is 0.782. The lowest BCUT2D eigenvalue weighted by molar-refractivity contribution is 0.607. The maximum Gasteiger partial charge on any atom is 0.229 e. The van der Waals surface area contributed by atoms with Crippen LogP contribution in [0.1, 0.15) is 0 Å². The lowest BCUT2D eigenvalue weighted by Gasteiger charge is -2.11. The van der Waals surface area contributed by atoms with Crippen molar-refractivity contribution >= 4 is 21.5 Å². The summed E-state index contributed by atoms with van der Waals surface area (Å²) < 4.78 is 24.1. The van der Waals surface area contributed by atoms with Crippen molar-refractivity contribution < 1.29 is 8.42 Å². The third-order valence-corrected chi connectivity index (χ3v) is 2.12. The largest absolute Gasteiger partial charge is 0.363 e. The zero-order valence-electron chi connectivity index (χ0n) is 8.35. The molecule has 0 aliphatic rings. The van der Waals surface area contributed by atoms with Gasteiger partial charge >= 0.3 is 0 Å². The predicted octanol–water partition coefficient (Wildman–Crippen LogP) is 0.519. The highest BCUT2D eigenvalue weighted by Gasteiger charge is 2.02. The first kappa shape index (κ1) is 10.8. The van der Waals surface area contributed by atoms with E-state index in [1.54, 1.807) is 12.1 Å². The fourth-order valence-electron chi connectivity index (χ4n) is 0.925. The molecule has 0 aliphatic heterocycles. The Morgan fingerprint density at radius 3 is 2.36 bits per heavy atom. The minimum atomic E-state index is -3.21. The quantitative estimate of drug-likeness (QED) is 0.798. The molecule has 1 aromatic heterocycles. The standard InChI is InChI=1S/C8H13N3O2S/c1-11(2)8-5-4-7(6-9-8)10-14(3,12)13/h4-6,10H,1-3H3. The molecule has 0 aliphatic carbocycles. The number of rotatable bonds is 3. The number of hydrogen-bond acceptors (Lipinski definition) is 4. The summed E-state index contributed by atoms with van der Waals surface area (Å²) in [4.78, 5) is 5.90. The molecule has 0 radical (unpaired) electrons. The molecule has 1 heterocycles. The fraction of sp³-hybridized carbons (Fsp3) is 0.375. The van der Waals surface area contributed by atoms with Gasteiger partial charge in [-0.1, -0.05) is 0 Å². The molecule has 6 heteroatoms. The van der Waals surface area contributed by atoms with Gasteiger partial charge in [0, 0.05) is 14.1 Å². The Morgan fingerprint density at radius 2 is 2.00 bits per heavy atom. The number of hydrogen-bond donors (Lipinski definition) is 1. The molecule has 0 saturated carbocycles. The lowest BCUT2D eigenvalue weighted by atomic mass is 10.4. The minimum Gasteiger partial charge on any atom is -0.363 e. The number of nitrogens with zero attached hydrogens (tertiary/aromatic N) is 2. The van der Waals surface area contributed by atoms with Crippen LogP contribution in [0.5, 0.6) is 0 Å². The molecule has 0 amide bonds. The first-order chi connectivity index (χ1) is 6.38. The van der Waals surface area contributed by atoms with E-state index in [0.717, 1.165) is 12.1 Å². The van der Waals surface area contributed by atoms with Crippen molar-refractivity contribution in [2.24, 2.45) is 0 Å². The summed E-state index contributed by atoms with van der Waals surface area (Å²) in [6.45, 7) is 0. The zero-order valence-corrected chi connectivity index (χ0v) is 9.17. The number of anilines is 2. The van der Waals surface area contributed by atoms with Gasteiger partial charge in [-0.15, -0.1) is 0 Å². The normalized spacial score (nSPS) is 11.1. The van der Waals surface area contributed by atoms with E-state index in [1.807, 2.05) is 19.0 Å². The Labute approximate surface area is 83.8 Å². The van der Waals surface area contributed by atoms with Crippen LogP contribution < -0.4 is 9.62 Å². The Bertz CT molecular complexity index is 397. The number of nitrogens with one attached hydrogen (secondary N) is 1. The number of pyridine rings is 1. The summed E-state index contributed by atoms with van der Waals surface area (Å²) in [7, 11) is 0.520. The first-order valence-corrected chi connectivity index (χ1v) is 5.89. The van der Waals surface area contributed by atoms with Crippen LogP contribution in [0.25, 0.3) is 0 Å². The number of sulfonamides is 1. The van der Waals surface area contributed by atoms with E-state index < -0.39 is 10.0 Å². The molecule has 5 nitrogen and oxygen atoms in total. The predicted molar refractivity (Wildman–Crippen MR) is 57.0 cm³/mol. The highest BCUT2D eigenvalue weighted by Crippen LogP contribution is 2.12. The molecule has 78 valence electrons. The van der Waals surface area contributed by atoms with Gasteiger partial charge < -0.3 is 4.90 Å². The van der Waals surface area contributed by atoms with Gasteiger partial charge in [0.2, 0.25) is 10.0 Å². The van der Waals surface area contributed by atoms with Gasteiger partial charge in [-0.3, -0.25) is 4.72 Å². The Kier molecular flexibility index (Phi) is 2.95. The van der Waals surface area contributed by atoms with E-state index in [0.29, 0.717) is 5.69 Å². The molecule has 0 saturated heterocycles. The van der Waals surface area contributed by atoms with Gasteiger partial charge in [0.25, 0.3) is 0 Å². The topological polar surface area (TPSA) is 62.3 Å². The van der Waals surface area contributed by atoms with Crippen LogP contribution in [0.3, 0.4) is 0 Å². The van der Waals surface area contributed by atoms with Crippen LogP contribution in [-0.2, 0) is 10.0 Å². The molecule has 0 spiro atoms. The zero-order chi connectivity index (χ0) is 10.8. The molecular weight excluding hydrogens is 202 g/mol. The van der Waals surface area contributed by atoms with Crippen LogP contribution >= 0.6 is 0 Å². The van der Waals surface area contributed by atoms with Crippen molar-refractivity contribution in [3.63, 3.8) is 0 Å². The molecule has 0 unspecified atom stereocenters. The molecular formula is C8H13N3O2S. The maximum atomic E-state index is 10.9. The first-order valence-electron chi connectivity index (χ1n) is 3.99. The second-order valence-electron chi connectivity index (χ2n) is 3.17. The summed E-state index contributed by atoms with van der Waals surface area (Å²) >= 11 is 0. The average Bonchev–Trinajstić information content (AvgIpc) is 2.02. The number of aromatic nitrogens is 1. The highest BCUT2D eigenvalue weighted by atomic mass is 32.2. The summed E-state index contributed by atoms with van der Waals surface area (Å²) in [6.07, 6.45) is 2.59. The Balaban J connectivity index is 2.84. The van der Waals surface area contributed by atoms with E-state index >= 15 is 0 Å². The van der Waals surface area contributed by atoms with E-state index in [2.05, 4.69) is 9.71 Å². The Hall–Kier alpha value is -1.30. The second kappa shape index (κ2) is 3.83. The van der Waals surface area contributed by atoms with E-state index in [9.17, 15) is 8.42 Å². The third-order valence-electron chi connectivity index (χ3n) is 1.51. The molecule has 1 N–H and O–H groups in total. The van der Waals surface area contributed by atoms with Crippen molar-refractivity contribution in [1.82, 2.24) is 4.98 Å². The van der Waals surface area contributed by atoms with Gasteiger partial charge in [0.05, 0.1) is 18.1 Å².